The van der Waals surface area contributed by atoms with Gasteiger partial charge in [0.1, 0.15) is 12.0 Å². The number of hydrogen-bond donors (Lipinski definition) is 0. The summed E-state index contributed by atoms with van der Waals surface area (Å²) >= 11 is 1.46. The lowest BCUT2D eigenvalue weighted by molar-refractivity contribution is 0.0715. The molecule has 1 unspecified atom stereocenters. The molecule has 1 atom stereocenters. The van der Waals surface area contributed by atoms with Crippen molar-refractivity contribution in [2.45, 2.75) is 32.4 Å². The summed E-state index contributed by atoms with van der Waals surface area (Å²) in [4.78, 5) is 35.1. The fourth-order valence-corrected chi connectivity index (χ4v) is 3.79. The van der Waals surface area contributed by atoms with E-state index in [2.05, 4.69) is 15.1 Å². The first-order chi connectivity index (χ1) is 12.6. The van der Waals surface area contributed by atoms with Crippen molar-refractivity contribution in [3.63, 3.8) is 0 Å². The lowest BCUT2D eigenvalue weighted by Gasteiger charge is -2.24. The van der Waals surface area contributed by atoms with Gasteiger partial charge in [-0.3, -0.25) is 14.2 Å². The van der Waals surface area contributed by atoms with E-state index in [1.165, 1.54) is 22.1 Å². The summed E-state index contributed by atoms with van der Waals surface area (Å²) in [6.45, 7) is 2.93. The average Bonchev–Trinajstić information content (AvgIpc) is 3.37. The van der Waals surface area contributed by atoms with E-state index in [9.17, 15) is 9.59 Å². The van der Waals surface area contributed by atoms with E-state index in [-0.39, 0.29) is 17.5 Å². The van der Waals surface area contributed by atoms with Gasteiger partial charge in [0.25, 0.3) is 11.5 Å². The Kier molecular flexibility index (Phi) is 4.37. The maximum absolute atomic E-state index is 12.7. The Bertz CT molecular complexity index is 977. The first-order valence-electron chi connectivity index (χ1n) is 8.41. The maximum Gasteiger partial charge on any atom is 0.273 e. The summed E-state index contributed by atoms with van der Waals surface area (Å²) in [6.07, 6.45) is 6.82. The van der Waals surface area contributed by atoms with Crippen LogP contribution >= 0.6 is 11.3 Å². The van der Waals surface area contributed by atoms with Crippen LogP contribution < -0.4 is 5.56 Å². The SMILES string of the molecule is Cc1nc(C(=O)N2CCCC2Cn2nc(-n3ccnc3)ccc2=O)cs1. The van der Waals surface area contributed by atoms with Gasteiger partial charge in [-0.2, -0.15) is 5.10 Å². The van der Waals surface area contributed by atoms with Crippen LogP contribution in [0.15, 0.2) is 41.0 Å². The lowest BCUT2D eigenvalue weighted by Crippen LogP contribution is -2.40. The standard InChI is InChI=1S/C17H18N6O2S/c1-12-19-14(10-26-12)17(25)22-7-2-3-13(22)9-23-16(24)5-4-15(20-23)21-8-6-18-11-21/h4-6,8,10-11,13H,2-3,7,9H2,1H3. The van der Waals surface area contributed by atoms with Gasteiger partial charge in [0.2, 0.25) is 0 Å². The van der Waals surface area contributed by atoms with Crippen molar-refractivity contribution in [1.82, 2.24) is 29.2 Å². The molecule has 0 N–H and O–H groups in total. The van der Waals surface area contributed by atoms with Gasteiger partial charge in [-0.1, -0.05) is 0 Å². The predicted molar refractivity (Wildman–Crippen MR) is 96.5 cm³/mol. The van der Waals surface area contributed by atoms with Gasteiger partial charge in [0.05, 0.1) is 17.6 Å². The van der Waals surface area contributed by atoms with E-state index < -0.39 is 0 Å². The maximum atomic E-state index is 12.7. The highest BCUT2D eigenvalue weighted by molar-refractivity contribution is 7.09. The Balaban J connectivity index is 1.57. The van der Waals surface area contributed by atoms with Gasteiger partial charge in [0, 0.05) is 30.4 Å². The summed E-state index contributed by atoms with van der Waals surface area (Å²) in [5.41, 5.74) is 0.296. The number of carbonyl (C=O) groups is 1. The van der Waals surface area contributed by atoms with Crippen molar-refractivity contribution in [3.05, 3.63) is 57.3 Å². The number of hydrogen-bond acceptors (Lipinski definition) is 6. The molecule has 0 aliphatic carbocycles. The summed E-state index contributed by atoms with van der Waals surface area (Å²) in [5.74, 6) is 0.545. The molecule has 134 valence electrons. The number of rotatable bonds is 4. The van der Waals surface area contributed by atoms with Crippen molar-refractivity contribution in [3.8, 4) is 5.82 Å². The number of aromatic nitrogens is 5. The molecule has 1 amide bonds. The minimum Gasteiger partial charge on any atom is -0.332 e. The predicted octanol–water partition coefficient (Wildman–Crippen LogP) is 1.50. The Morgan fingerprint density at radius 1 is 1.38 bits per heavy atom. The van der Waals surface area contributed by atoms with Crippen LogP contribution in [0.3, 0.4) is 0 Å². The monoisotopic (exact) mass is 370 g/mol. The molecule has 0 spiro atoms. The molecule has 1 aliphatic rings. The summed E-state index contributed by atoms with van der Waals surface area (Å²) < 4.78 is 3.17. The third-order valence-electron chi connectivity index (χ3n) is 4.48. The first-order valence-corrected chi connectivity index (χ1v) is 9.29. The van der Waals surface area contributed by atoms with Gasteiger partial charge < -0.3 is 4.90 Å². The number of thiazole rings is 1. The Hall–Kier alpha value is -2.81. The second-order valence-electron chi connectivity index (χ2n) is 6.23. The largest absolute Gasteiger partial charge is 0.332 e. The molecule has 0 aromatic carbocycles. The van der Waals surface area contributed by atoms with E-state index in [0.29, 0.717) is 24.6 Å². The van der Waals surface area contributed by atoms with Crippen LogP contribution in [-0.2, 0) is 6.54 Å². The number of nitrogens with zero attached hydrogens (tertiary/aromatic N) is 6. The van der Waals surface area contributed by atoms with Crippen LogP contribution in [-0.4, -0.2) is 47.7 Å². The van der Waals surface area contributed by atoms with Gasteiger partial charge in [-0.15, -0.1) is 11.3 Å². The minimum atomic E-state index is -0.183. The van der Waals surface area contributed by atoms with Crippen molar-refractivity contribution < 1.29 is 4.79 Å². The molecular formula is C17H18N6O2S. The molecule has 0 radical (unpaired) electrons. The average molecular weight is 370 g/mol. The summed E-state index contributed by atoms with van der Waals surface area (Å²) in [5, 5.41) is 7.08. The molecule has 0 saturated carbocycles. The van der Waals surface area contributed by atoms with Crippen LogP contribution in [0.5, 0.6) is 0 Å². The van der Waals surface area contributed by atoms with E-state index in [4.69, 9.17) is 0 Å². The second-order valence-corrected chi connectivity index (χ2v) is 7.29. The topological polar surface area (TPSA) is 85.9 Å². The van der Waals surface area contributed by atoms with E-state index in [1.807, 2.05) is 11.8 Å². The van der Waals surface area contributed by atoms with E-state index in [0.717, 1.165) is 17.8 Å². The second kappa shape index (κ2) is 6.83. The molecule has 0 bridgehead atoms. The number of imidazole rings is 1. The molecule has 4 rings (SSSR count). The highest BCUT2D eigenvalue weighted by atomic mass is 32.1. The number of carbonyl (C=O) groups excluding carboxylic acids is 1. The van der Waals surface area contributed by atoms with Gasteiger partial charge in [0.15, 0.2) is 5.82 Å². The molecular weight excluding hydrogens is 352 g/mol. The zero-order valence-electron chi connectivity index (χ0n) is 14.3. The summed E-state index contributed by atoms with van der Waals surface area (Å²) in [6, 6.07) is 3.09. The number of aryl methyl sites for hydroxylation is 1. The summed E-state index contributed by atoms with van der Waals surface area (Å²) in [7, 11) is 0. The van der Waals surface area contributed by atoms with Crippen molar-refractivity contribution in [2.24, 2.45) is 0 Å². The number of likely N-dealkylation sites (tertiary alicyclic amines) is 1. The molecule has 8 nitrogen and oxygen atoms in total. The minimum absolute atomic E-state index is 0.0623. The number of amides is 1. The Morgan fingerprint density at radius 3 is 3.00 bits per heavy atom. The smallest absolute Gasteiger partial charge is 0.273 e. The van der Waals surface area contributed by atoms with E-state index >= 15 is 0 Å². The van der Waals surface area contributed by atoms with Crippen molar-refractivity contribution in [1.29, 1.82) is 0 Å². The fourth-order valence-electron chi connectivity index (χ4n) is 3.20. The molecule has 3 aromatic heterocycles. The van der Waals surface area contributed by atoms with Crippen LogP contribution in [0, 0.1) is 6.92 Å². The zero-order valence-corrected chi connectivity index (χ0v) is 15.1. The molecule has 26 heavy (non-hydrogen) atoms. The van der Waals surface area contributed by atoms with E-state index in [1.54, 1.807) is 34.7 Å². The highest BCUT2D eigenvalue weighted by Gasteiger charge is 2.31. The molecule has 4 heterocycles. The van der Waals surface area contributed by atoms with Gasteiger partial charge >= 0.3 is 0 Å². The van der Waals surface area contributed by atoms with Crippen LogP contribution in [0.2, 0.25) is 0 Å². The molecule has 3 aromatic rings. The molecule has 1 aliphatic heterocycles. The quantitative estimate of drug-likeness (QED) is 0.695. The highest BCUT2D eigenvalue weighted by Crippen LogP contribution is 2.22. The van der Waals surface area contributed by atoms with Gasteiger partial charge in [-0.05, 0) is 25.8 Å². The van der Waals surface area contributed by atoms with Gasteiger partial charge in [-0.25, -0.2) is 14.6 Å². The third kappa shape index (κ3) is 3.17. The van der Waals surface area contributed by atoms with Crippen LogP contribution in [0.25, 0.3) is 5.82 Å². The Morgan fingerprint density at radius 2 is 2.27 bits per heavy atom. The first kappa shape index (κ1) is 16.6. The Labute approximate surface area is 153 Å². The van der Waals surface area contributed by atoms with Crippen LogP contribution in [0.4, 0.5) is 0 Å². The lowest BCUT2D eigenvalue weighted by atomic mass is 10.2. The van der Waals surface area contributed by atoms with Crippen LogP contribution in [0.1, 0.15) is 28.3 Å². The van der Waals surface area contributed by atoms with Crippen molar-refractivity contribution in [2.75, 3.05) is 6.54 Å². The molecule has 1 saturated heterocycles. The third-order valence-corrected chi connectivity index (χ3v) is 5.25. The molecule has 1 fully saturated rings. The zero-order chi connectivity index (χ0) is 18.1. The van der Waals surface area contributed by atoms with Crippen molar-refractivity contribution >= 4 is 17.2 Å². The fraction of sp³-hybridized carbons (Fsp3) is 0.353. The molecule has 9 heteroatoms. The normalized spacial score (nSPS) is 17.0.